The zero-order chi connectivity index (χ0) is 15.1. The van der Waals surface area contributed by atoms with Crippen molar-refractivity contribution in [3.63, 3.8) is 0 Å². The third-order valence-corrected chi connectivity index (χ3v) is 3.38. The standard InChI is InChI=1S/C15H20BrNO3/c1-4-5-10(2)17-15(19)11(3)20-14-7-6-13(16)8-12(14)9-18/h6-11H,4-5H2,1-3H3,(H,17,19). The fourth-order valence-electron chi connectivity index (χ4n) is 1.83. The molecule has 0 radical (unpaired) electrons. The van der Waals surface area contributed by atoms with Gasteiger partial charge in [0.2, 0.25) is 0 Å². The average Bonchev–Trinajstić information content (AvgIpc) is 2.40. The molecule has 0 aliphatic carbocycles. The number of hydrogen-bond acceptors (Lipinski definition) is 3. The largest absolute Gasteiger partial charge is 0.480 e. The summed E-state index contributed by atoms with van der Waals surface area (Å²) in [4.78, 5) is 23.0. The molecule has 1 rings (SSSR count). The number of halogens is 1. The minimum absolute atomic E-state index is 0.119. The molecule has 0 spiro atoms. The van der Waals surface area contributed by atoms with Crippen LogP contribution in [0.25, 0.3) is 0 Å². The maximum absolute atomic E-state index is 12.0. The van der Waals surface area contributed by atoms with Crippen LogP contribution in [0.4, 0.5) is 0 Å². The van der Waals surface area contributed by atoms with Crippen LogP contribution < -0.4 is 10.1 Å². The number of hydrogen-bond donors (Lipinski definition) is 1. The van der Waals surface area contributed by atoms with Gasteiger partial charge in [-0.1, -0.05) is 29.3 Å². The SMILES string of the molecule is CCCC(C)NC(=O)C(C)Oc1ccc(Br)cc1C=O. The molecule has 0 heterocycles. The highest BCUT2D eigenvalue weighted by atomic mass is 79.9. The molecule has 2 atom stereocenters. The van der Waals surface area contributed by atoms with Crippen molar-refractivity contribution in [1.29, 1.82) is 0 Å². The Balaban J connectivity index is 2.68. The summed E-state index contributed by atoms with van der Waals surface area (Å²) in [5, 5.41) is 2.89. The van der Waals surface area contributed by atoms with Gasteiger partial charge in [-0.2, -0.15) is 0 Å². The molecular weight excluding hydrogens is 322 g/mol. The number of nitrogens with one attached hydrogen (secondary N) is 1. The summed E-state index contributed by atoms with van der Waals surface area (Å²) in [5.74, 6) is 0.236. The van der Waals surface area contributed by atoms with E-state index in [2.05, 4.69) is 28.2 Å². The smallest absolute Gasteiger partial charge is 0.260 e. The summed E-state index contributed by atoms with van der Waals surface area (Å²) in [6.45, 7) is 5.70. The van der Waals surface area contributed by atoms with E-state index >= 15 is 0 Å². The third kappa shape index (κ3) is 4.96. The van der Waals surface area contributed by atoms with E-state index in [9.17, 15) is 9.59 Å². The first-order valence-corrected chi connectivity index (χ1v) is 7.49. The molecule has 1 aromatic rings. The number of rotatable bonds is 7. The Morgan fingerprint density at radius 3 is 2.75 bits per heavy atom. The van der Waals surface area contributed by atoms with Crippen LogP contribution in [-0.2, 0) is 4.79 Å². The van der Waals surface area contributed by atoms with E-state index < -0.39 is 6.10 Å². The van der Waals surface area contributed by atoms with Crippen LogP contribution in [0, 0.1) is 0 Å². The highest BCUT2D eigenvalue weighted by Gasteiger charge is 2.18. The molecule has 2 unspecified atom stereocenters. The van der Waals surface area contributed by atoms with Gasteiger partial charge in [0.15, 0.2) is 12.4 Å². The summed E-state index contributed by atoms with van der Waals surface area (Å²) < 4.78 is 6.36. The minimum Gasteiger partial charge on any atom is -0.480 e. The van der Waals surface area contributed by atoms with E-state index in [-0.39, 0.29) is 11.9 Å². The van der Waals surface area contributed by atoms with Crippen LogP contribution >= 0.6 is 15.9 Å². The number of amides is 1. The molecule has 20 heavy (non-hydrogen) atoms. The van der Waals surface area contributed by atoms with E-state index in [4.69, 9.17) is 4.74 Å². The number of carbonyl (C=O) groups excluding carboxylic acids is 2. The first-order chi connectivity index (χ1) is 9.47. The summed E-state index contributed by atoms with van der Waals surface area (Å²) in [6, 6.07) is 5.22. The van der Waals surface area contributed by atoms with E-state index in [1.54, 1.807) is 25.1 Å². The molecule has 0 bridgehead atoms. The van der Waals surface area contributed by atoms with Crippen LogP contribution in [0.1, 0.15) is 44.0 Å². The number of ether oxygens (including phenoxy) is 1. The van der Waals surface area contributed by atoms with Gasteiger partial charge in [0.25, 0.3) is 5.91 Å². The fourth-order valence-corrected chi connectivity index (χ4v) is 2.21. The van der Waals surface area contributed by atoms with Gasteiger partial charge in [-0.3, -0.25) is 9.59 Å². The molecule has 0 aromatic heterocycles. The van der Waals surface area contributed by atoms with Crippen molar-refractivity contribution < 1.29 is 14.3 Å². The lowest BCUT2D eigenvalue weighted by Crippen LogP contribution is -2.41. The van der Waals surface area contributed by atoms with Gasteiger partial charge < -0.3 is 10.1 Å². The van der Waals surface area contributed by atoms with Gasteiger partial charge in [-0.15, -0.1) is 0 Å². The van der Waals surface area contributed by atoms with Crippen molar-refractivity contribution in [1.82, 2.24) is 5.32 Å². The van der Waals surface area contributed by atoms with Crippen molar-refractivity contribution in [2.24, 2.45) is 0 Å². The molecule has 5 heteroatoms. The summed E-state index contributed by atoms with van der Waals surface area (Å²) in [7, 11) is 0. The first-order valence-electron chi connectivity index (χ1n) is 6.69. The highest BCUT2D eigenvalue weighted by molar-refractivity contribution is 9.10. The van der Waals surface area contributed by atoms with Gasteiger partial charge in [0.1, 0.15) is 5.75 Å². The van der Waals surface area contributed by atoms with Crippen LogP contribution in [0.2, 0.25) is 0 Å². The zero-order valence-corrected chi connectivity index (χ0v) is 13.6. The normalized spacial score (nSPS) is 13.4. The monoisotopic (exact) mass is 341 g/mol. The average molecular weight is 342 g/mol. The van der Waals surface area contributed by atoms with Gasteiger partial charge >= 0.3 is 0 Å². The molecule has 1 N–H and O–H groups in total. The quantitative estimate of drug-likeness (QED) is 0.774. The fraction of sp³-hybridized carbons (Fsp3) is 0.467. The van der Waals surface area contributed by atoms with E-state index in [1.165, 1.54) is 0 Å². The van der Waals surface area contributed by atoms with Crippen molar-refractivity contribution >= 4 is 28.1 Å². The minimum atomic E-state index is -0.644. The van der Waals surface area contributed by atoms with Gasteiger partial charge in [-0.25, -0.2) is 0 Å². The molecule has 0 saturated heterocycles. The Labute approximate surface area is 128 Å². The maximum atomic E-state index is 12.0. The van der Waals surface area contributed by atoms with Gasteiger partial charge in [-0.05, 0) is 38.5 Å². The predicted octanol–water partition coefficient (Wildman–Crippen LogP) is 3.33. The molecule has 1 aromatic carbocycles. The summed E-state index contributed by atoms with van der Waals surface area (Å²) in [6.07, 6.45) is 2.01. The second kappa shape index (κ2) is 8.04. The van der Waals surface area contributed by atoms with E-state index in [1.807, 2.05) is 6.92 Å². The van der Waals surface area contributed by atoms with Crippen molar-refractivity contribution in [3.8, 4) is 5.75 Å². The van der Waals surface area contributed by atoms with Crippen molar-refractivity contribution in [3.05, 3.63) is 28.2 Å². The molecule has 4 nitrogen and oxygen atoms in total. The topological polar surface area (TPSA) is 55.4 Å². The van der Waals surface area contributed by atoms with Crippen LogP contribution in [0.3, 0.4) is 0 Å². The van der Waals surface area contributed by atoms with E-state index in [0.717, 1.165) is 17.3 Å². The lowest BCUT2D eigenvalue weighted by Gasteiger charge is -2.19. The summed E-state index contributed by atoms with van der Waals surface area (Å²) >= 11 is 3.29. The Hall–Kier alpha value is -1.36. The second-order valence-corrected chi connectivity index (χ2v) is 5.67. The number of aldehydes is 1. The Morgan fingerprint density at radius 2 is 2.15 bits per heavy atom. The molecule has 0 aliphatic heterocycles. The lowest BCUT2D eigenvalue weighted by molar-refractivity contribution is -0.127. The van der Waals surface area contributed by atoms with Crippen molar-refractivity contribution in [2.75, 3.05) is 0 Å². The highest BCUT2D eigenvalue weighted by Crippen LogP contribution is 2.22. The van der Waals surface area contributed by atoms with Crippen LogP contribution in [0.5, 0.6) is 5.75 Å². The molecular formula is C15H20BrNO3. The molecule has 0 fully saturated rings. The van der Waals surface area contributed by atoms with E-state index in [0.29, 0.717) is 17.6 Å². The summed E-state index contributed by atoms with van der Waals surface area (Å²) in [5.41, 5.74) is 0.417. The number of benzene rings is 1. The van der Waals surface area contributed by atoms with Gasteiger partial charge in [0, 0.05) is 10.5 Å². The predicted molar refractivity (Wildman–Crippen MR) is 82.1 cm³/mol. The van der Waals surface area contributed by atoms with Crippen LogP contribution in [0.15, 0.2) is 22.7 Å². The molecule has 1 amide bonds. The third-order valence-electron chi connectivity index (χ3n) is 2.88. The zero-order valence-electron chi connectivity index (χ0n) is 12.0. The molecule has 0 saturated carbocycles. The maximum Gasteiger partial charge on any atom is 0.260 e. The Morgan fingerprint density at radius 1 is 1.45 bits per heavy atom. The second-order valence-electron chi connectivity index (χ2n) is 4.76. The van der Waals surface area contributed by atoms with Crippen molar-refractivity contribution in [2.45, 2.75) is 45.8 Å². The molecule has 0 aliphatic rings. The van der Waals surface area contributed by atoms with Crippen LogP contribution in [-0.4, -0.2) is 24.3 Å². The van der Waals surface area contributed by atoms with Gasteiger partial charge in [0.05, 0.1) is 5.56 Å². The Kier molecular flexibility index (Phi) is 6.71. The number of carbonyl (C=O) groups is 2. The molecule has 110 valence electrons. The lowest BCUT2D eigenvalue weighted by atomic mass is 10.2. The Bertz CT molecular complexity index is 476. The first kappa shape index (κ1) is 16.7.